The van der Waals surface area contributed by atoms with Crippen molar-refractivity contribution in [1.82, 2.24) is 10.9 Å². The van der Waals surface area contributed by atoms with Gasteiger partial charge >= 0.3 is 0 Å². The molecule has 2 N–H and O–H groups in total. The van der Waals surface area contributed by atoms with E-state index >= 15 is 0 Å². The summed E-state index contributed by atoms with van der Waals surface area (Å²) < 4.78 is 19.8. The Balaban J connectivity index is 1.75. The van der Waals surface area contributed by atoms with Gasteiger partial charge in [0.25, 0.3) is 5.91 Å². The first-order valence-corrected chi connectivity index (χ1v) is 8.49. The predicted molar refractivity (Wildman–Crippen MR) is 95.2 cm³/mol. The zero-order valence-electron chi connectivity index (χ0n) is 13.6. The van der Waals surface area contributed by atoms with Gasteiger partial charge in [-0.15, -0.1) is 0 Å². The largest absolute Gasteiger partial charge is 0.481 e. The molecule has 0 radical (unpaired) electrons. The Morgan fingerprint density at radius 1 is 1.16 bits per heavy atom. The summed E-state index contributed by atoms with van der Waals surface area (Å²) in [7, 11) is 0. The van der Waals surface area contributed by atoms with Crippen LogP contribution in [-0.4, -0.2) is 17.9 Å². The van der Waals surface area contributed by atoms with Crippen LogP contribution in [0.1, 0.15) is 18.9 Å². The highest BCUT2D eigenvalue weighted by molar-refractivity contribution is 9.10. The lowest BCUT2D eigenvalue weighted by molar-refractivity contribution is -0.132. The quantitative estimate of drug-likeness (QED) is 0.721. The summed E-state index contributed by atoms with van der Waals surface area (Å²) >= 11 is 3.32. The summed E-state index contributed by atoms with van der Waals surface area (Å²) in [4.78, 5) is 23.7. The van der Waals surface area contributed by atoms with Crippen molar-refractivity contribution in [1.29, 1.82) is 0 Å². The second kappa shape index (κ2) is 9.17. The van der Waals surface area contributed by atoms with Gasteiger partial charge in [0.05, 0.1) is 0 Å². The molecule has 25 heavy (non-hydrogen) atoms. The second-order valence-corrected chi connectivity index (χ2v) is 6.26. The maximum absolute atomic E-state index is 13.5. The molecular weight excluding hydrogens is 391 g/mol. The van der Waals surface area contributed by atoms with E-state index in [9.17, 15) is 14.0 Å². The summed E-state index contributed by atoms with van der Waals surface area (Å²) in [6.45, 7) is 1.57. The molecule has 1 atom stereocenters. The number of ether oxygens (including phenoxy) is 1. The van der Waals surface area contributed by atoms with Crippen LogP contribution in [-0.2, 0) is 16.0 Å². The molecule has 0 aliphatic carbocycles. The van der Waals surface area contributed by atoms with Crippen LogP contribution >= 0.6 is 15.9 Å². The molecule has 7 heteroatoms. The lowest BCUT2D eigenvalue weighted by Crippen LogP contribution is -2.47. The minimum Gasteiger partial charge on any atom is -0.481 e. The molecule has 2 rings (SSSR count). The van der Waals surface area contributed by atoms with Gasteiger partial charge in [-0.3, -0.25) is 20.4 Å². The summed E-state index contributed by atoms with van der Waals surface area (Å²) in [6, 6.07) is 13.3. The van der Waals surface area contributed by atoms with Crippen LogP contribution in [0.25, 0.3) is 0 Å². The first kappa shape index (κ1) is 18.9. The van der Waals surface area contributed by atoms with Crippen molar-refractivity contribution in [2.24, 2.45) is 0 Å². The van der Waals surface area contributed by atoms with E-state index in [0.717, 1.165) is 4.47 Å². The third kappa shape index (κ3) is 6.19. The minimum atomic E-state index is -0.791. The highest BCUT2D eigenvalue weighted by atomic mass is 79.9. The summed E-state index contributed by atoms with van der Waals surface area (Å²) in [5.41, 5.74) is 5.05. The zero-order chi connectivity index (χ0) is 18.2. The van der Waals surface area contributed by atoms with Crippen LogP contribution in [0.2, 0.25) is 0 Å². The highest BCUT2D eigenvalue weighted by Crippen LogP contribution is 2.18. The van der Waals surface area contributed by atoms with Crippen LogP contribution in [0, 0.1) is 5.82 Å². The molecule has 0 aliphatic rings. The number of benzene rings is 2. The fourth-order valence-corrected chi connectivity index (χ4v) is 2.42. The Morgan fingerprint density at radius 2 is 1.92 bits per heavy atom. The molecule has 0 fully saturated rings. The molecule has 0 aliphatic heterocycles. The third-order valence-corrected chi connectivity index (χ3v) is 3.88. The Bertz CT molecular complexity index is 755. The monoisotopic (exact) mass is 408 g/mol. The molecule has 0 saturated heterocycles. The number of amides is 2. The summed E-state index contributed by atoms with van der Waals surface area (Å²) in [5, 5.41) is 0. The normalized spacial score (nSPS) is 11.5. The van der Waals surface area contributed by atoms with Gasteiger partial charge in [-0.2, -0.15) is 0 Å². The van der Waals surface area contributed by atoms with Crippen molar-refractivity contribution in [3.8, 4) is 5.75 Å². The third-order valence-electron chi connectivity index (χ3n) is 3.38. The lowest BCUT2D eigenvalue weighted by Gasteiger charge is -2.15. The van der Waals surface area contributed by atoms with Gasteiger partial charge in [0.1, 0.15) is 11.6 Å². The van der Waals surface area contributed by atoms with E-state index in [1.54, 1.807) is 43.3 Å². The van der Waals surface area contributed by atoms with Gasteiger partial charge in [-0.1, -0.05) is 40.2 Å². The van der Waals surface area contributed by atoms with E-state index in [1.165, 1.54) is 6.07 Å². The minimum absolute atomic E-state index is 0.0576. The average molecular weight is 409 g/mol. The van der Waals surface area contributed by atoms with Crippen molar-refractivity contribution in [2.75, 3.05) is 0 Å². The van der Waals surface area contributed by atoms with Crippen molar-refractivity contribution in [3.05, 3.63) is 64.4 Å². The molecule has 0 bridgehead atoms. The van der Waals surface area contributed by atoms with Gasteiger partial charge < -0.3 is 4.74 Å². The molecule has 0 heterocycles. The topological polar surface area (TPSA) is 67.4 Å². The number of rotatable bonds is 6. The molecule has 0 aromatic heterocycles. The van der Waals surface area contributed by atoms with E-state index < -0.39 is 17.9 Å². The molecule has 1 unspecified atom stereocenters. The lowest BCUT2D eigenvalue weighted by atomic mass is 10.1. The number of hydrogen-bond acceptors (Lipinski definition) is 3. The van der Waals surface area contributed by atoms with Gasteiger partial charge in [0.15, 0.2) is 6.10 Å². The number of nitrogens with one attached hydrogen (secondary N) is 2. The number of carbonyl (C=O) groups is 2. The average Bonchev–Trinajstić information content (AvgIpc) is 2.59. The van der Waals surface area contributed by atoms with Gasteiger partial charge in [0.2, 0.25) is 5.91 Å². The van der Waals surface area contributed by atoms with E-state index in [4.69, 9.17) is 4.74 Å². The fourth-order valence-electron chi connectivity index (χ4n) is 2.04. The summed E-state index contributed by atoms with van der Waals surface area (Å²) in [5.74, 6) is -0.719. The SMILES string of the molecule is CC(Oc1cccc(Br)c1)C(=O)NNC(=O)CCc1ccccc1F. The smallest absolute Gasteiger partial charge is 0.279 e. The van der Waals surface area contributed by atoms with Crippen LogP contribution in [0.4, 0.5) is 4.39 Å². The van der Waals surface area contributed by atoms with Crippen LogP contribution in [0.3, 0.4) is 0 Å². The van der Waals surface area contributed by atoms with Crippen LogP contribution < -0.4 is 15.6 Å². The van der Waals surface area contributed by atoms with Gasteiger partial charge in [0, 0.05) is 10.9 Å². The molecule has 5 nitrogen and oxygen atoms in total. The molecule has 132 valence electrons. The van der Waals surface area contributed by atoms with Gasteiger partial charge in [-0.05, 0) is 43.2 Å². The Hall–Kier alpha value is -2.41. The Kier molecular flexibility index (Phi) is 6.94. The molecule has 2 aromatic rings. The molecule has 0 spiro atoms. The van der Waals surface area contributed by atoms with E-state index in [0.29, 0.717) is 11.3 Å². The number of aryl methyl sites for hydroxylation is 1. The van der Waals surface area contributed by atoms with E-state index in [-0.39, 0.29) is 18.7 Å². The highest BCUT2D eigenvalue weighted by Gasteiger charge is 2.15. The number of carbonyl (C=O) groups excluding carboxylic acids is 2. The van der Waals surface area contributed by atoms with Gasteiger partial charge in [-0.25, -0.2) is 4.39 Å². The van der Waals surface area contributed by atoms with E-state index in [1.807, 2.05) is 6.07 Å². The fraction of sp³-hybridized carbons (Fsp3) is 0.222. The van der Waals surface area contributed by atoms with Crippen LogP contribution in [0.15, 0.2) is 53.0 Å². The number of hydrogen-bond donors (Lipinski definition) is 2. The maximum atomic E-state index is 13.5. The van der Waals surface area contributed by atoms with Crippen LogP contribution in [0.5, 0.6) is 5.75 Å². The molecule has 2 aromatic carbocycles. The Morgan fingerprint density at radius 3 is 2.64 bits per heavy atom. The van der Waals surface area contributed by atoms with Crippen molar-refractivity contribution in [3.63, 3.8) is 0 Å². The number of hydrazine groups is 1. The number of halogens is 2. The van der Waals surface area contributed by atoms with Crippen molar-refractivity contribution in [2.45, 2.75) is 25.9 Å². The van der Waals surface area contributed by atoms with E-state index in [2.05, 4.69) is 26.8 Å². The first-order valence-electron chi connectivity index (χ1n) is 7.70. The second-order valence-electron chi connectivity index (χ2n) is 5.35. The zero-order valence-corrected chi connectivity index (χ0v) is 15.2. The maximum Gasteiger partial charge on any atom is 0.279 e. The molecule has 0 saturated carbocycles. The first-order chi connectivity index (χ1) is 12.0. The standard InChI is InChI=1S/C18H18BrFN2O3/c1-12(25-15-7-4-6-14(19)11-15)18(24)22-21-17(23)10-9-13-5-2-3-8-16(13)20/h2-8,11-12H,9-10H2,1H3,(H,21,23)(H,22,24). The van der Waals surface area contributed by atoms with Crippen molar-refractivity contribution >= 4 is 27.7 Å². The van der Waals surface area contributed by atoms with Crippen molar-refractivity contribution < 1.29 is 18.7 Å². The summed E-state index contributed by atoms with van der Waals surface area (Å²) in [6.07, 6.45) is -0.484. The Labute approximate surface area is 153 Å². The molecular formula is C18H18BrFN2O3. The molecule has 2 amide bonds. The predicted octanol–water partition coefficient (Wildman–Crippen LogP) is 3.14.